The number of carbonyl (C=O) groups excluding carboxylic acids is 3. The Morgan fingerprint density at radius 1 is 0.809 bits per heavy atom. The number of hydrogen-bond donors (Lipinski definition) is 2. The fourth-order valence-electron chi connectivity index (χ4n) is 13.1. The van der Waals surface area contributed by atoms with Gasteiger partial charge in [-0.3, -0.25) is 14.4 Å². The van der Waals surface area contributed by atoms with Crippen molar-refractivity contribution >= 4 is 17.5 Å². The topological polar surface area (TPSA) is 141 Å². The third kappa shape index (κ3) is 15.3. The van der Waals surface area contributed by atoms with Gasteiger partial charge in [0.05, 0.1) is 12.2 Å². The molecule has 390 valence electrons. The molecule has 1 aliphatic heterocycles. The highest BCUT2D eigenvalue weighted by Gasteiger charge is 2.76. The maximum atomic E-state index is 14.6. The number of hydrogen-bond acceptors (Lipinski definition) is 11. The summed E-state index contributed by atoms with van der Waals surface area (Å²) < 4.78 is 31.6. The molecule has 2 N–H and O–H groups in total. The Morgan fingerprint density at radius 3 is 2.07 bits per heavy atom. The van der Waals surface area contributed by atoms with Crippen molar-refractivity contribution in [1.82, 2.24) is 4.90 Å². The molecule has 5 aliphatic rings. The summed E-state index contributed by atoms with van der Waals surface area (Å²) in [6, 6.07) is 0. The first kappa shape index (κ1) is 56.9. The molecule has 68 heavy (non-hydrogen) atoms. The number of unbranched alkanes of at least 4 members (excludes halogenated alkanes) is 15. The van der Waals surface area contributed by atoms with Gasteiger partial charge in [-0.15, -0.1) is 0 Å². The number of ether oxygens (including phenoxy) is 5. The summed E-state index contributed by atoms with van der Waals surface area (Å²) in [4.78, 5) is 42.7. The van der Waals surface area contributed by atoms with Gasteiger partial charge in [0, 0.05) is 43.0 Å². The van der Waals surface area contributed by atoms with E-state index in [4.69, 9.17) is 23.7 Å². The third-order valence-electron chi connectivity index (χ3n) is 16.8. The van der Waals surface area contributed by atoms with E-state index in [1.54, 1.807) is 12.2 Å². The van der Waals surface area contributed by atoms with Crippen LogP contribution in [0.5, 0.6) is 0 Å². The molecule has 0 aromatic heterocycles. The molecular weight excluding hydrogens is 859 g/mol. The van der Waals surface area contributed by atoms with Gasteiger partial charge < -0.3 is 38.8 Å². The molecule has 11 heteroatoms. The summed E-state index contributed by atoms with van der Waals surface area (Å²) in [6.45, 7) is 15.2. The lowest BCUT2D eigenvalue weighted by Gasteiger charge is -2.59. The van der Waals surface area contributed by atoms with Crippen LogP contribution in [0.25, 0.3) is 0 Å². The van der Waals surface area contributed by atoms with Gasteiger partial charge in [0.2, 0.25) is 5.78 Å². The Labute approximate surface area is 412 Å². The quantitative estimate of drug-likeness (QED) is 0.0349. The highest BCUT2D eigenvalue weighted by atomic mass is 16.7. The molecular formula is C57H97NO10. The number of allylic oxidation sites excluding steroid dienone is 4. The zero-order valence-corrected chi connectivity index (χ0v) is 43.6. The van der Waals surface area contributed by atoms with Crippen LogP contribution in [0, 0.1) is 28.6 Å². The maximum Gasteiger partial charge on any atom is 0.306 e. The molecule has 11 nitrogen and oxygen atoms in total. The Hall–Kier alpha value is -1.99. The molecule has 0 spiro atoms. The van der Waals surface area contributed by atoms with Crippen molar-refractivity contribution < 1.29 is 48.3 Å². The summed E-state index contributed by atoms with van der Waals surface area (Å²) in [6.07, 6.45) is 31.6. The average molecular weight is 956 g/mol. The smallest absolute Gasteiger partial charge is 0.306 e. The second-order valence-electron chi connectivity index (χ2n) is 21.9. The molecule has 4 aliphatic carbocycles. The van der Waals surface area contributed by atoms with Crippen LogP contribution in [0.2, 0.25) is 0 Å². The minimum absolute atomic E-state index is 0.00643. The Balaban J connectivity index is 1.05. The van der Waals surface area contributed by atoms with E-state index >= 15 is 0 Å². The molecule has 0 amide bonds. The maximum absolute atomic E-state index is 14.6. The van der Waals surface area contributed by atoms with Crippen LogP contribution in [0.15, 0.2) is 23.8 Å². The van der Waals surface area contributed by atoms with Crippen molar-refractivity contribution in [2.75, 3.05) is 46.1 Å². The molecule has 4 fully saturated rings. The largest absolute Gasteiger partial charge is 0.458 e. The summed E-state index contributed by atoms with van der Waals surface area (Å²) in [5.41, 5.74) is -1.33. The monoisotopic (exact) mass is 956 g/mol. The molecule has 1 heterocycles. The van der Waals surface area contributed by atoms with Crippen LogP contribution in [0.1, 0.15) is 214 Å². The lowest BCUT2D eigenvalue weighted by molar-refractivity contribution is -0.201. The molecule has 9 atom stereocenters. The highest BCUT2D eigenvalue weighted by molar-refractivity contribution is 6.01. The van der Waals surface area contributed by atoms with Gasteiger partial charge in [0.1, 0.15) is 0 Å². The number of carbonyl (C=O) groups is 3. The van der Waals surface area contributed by atoms with Gasteiger partial charge in [0.15, 0.2) is 30.6 Å². The highest BCUT2D eigenvalue weighted by Crippen LogP contribution is 2.69. The molecule has 3 saturated carbocycles. The first-order chi connectivity index (χ1) is 33.0. The predicted molar refractivity (Wildman–Crippen MR) is 269 cm³/mol. The first-order valence-electron chi connectivity index (χ1n) is 28.2. The number of esters is 1. The second kappa shape index (κ2) is 29.5. The zero-order valence-electron chi connectivity index (χ0n) is 43.6. The van der Waals surface area contributed by atoms with E-state index in [-0.39, 0.29) is 61.2 Å². The average Bonchev–Trinajstić information content (AvgIpc) is 3.81. The fraction of sp³-hybridized carbons (Fsp3) is 0.877. The van der Waals surface area contributed by atoms with E-state index in [0.717, 1.165) is 122 Å². The Morgan fingerprint density at radius 2 is 1.43 bits per heavy atom. The van der Waals surface area contributed by atoms with E-state index in [1.807, 2.05) is 6.08 Å². The Bertz CT molecular complexity index is 1550. The van der Waals surface area contributed by atoms with Crippen LogP contribution in [0.3, 0.4) is 0 Å². The number of fused-ring (bicyclic) bond motifs is 7. The van der Waals surface area contributed by atoms with Crippen LogP contribution in [-0.4, -0.2) is 109 Å². The van der Waals surface area contributed by atoms with Crippen molar-refractivity contribution in [2.24, 2.45) is 28.6 Å². The zero-order chi connectivity index (χ0) is 48.8. The van der Waals surface area contributed by atoms with Gasteiger partial charge in [-0.25, -0.2) is 0 Å². The van der Waals surface area contributed by atoms with Crippen molar-refractivity contribution in [3.63, 3.8) is 0 Å². The standard InChI is InChI=1S/C57H97NO10/c1-6-9-11-13-15-25-38-64-52(65-39-26-16-14-12-10-7-2)29-20-18-22-35-58(36-23-24-37-59)34-21-17-19-28-51(63)66-43-49(62)57-50(67-53(68-57)27-8-3)41-47-46-31-30-44-40-45(60)32-33-55(44,4)54(46)48(61)42-56(47,57)5/h32-33,40,46-48,50,52-54,59,61H,6-31,34-39,41-43H2,1-5H3. The van der Waals surface area contributed by atoms with E-state index < -0.39 is 34.9 Å². The van der Waals surface area contributed by atoms with Gasteiger partial charge >= 0.3 is 5.97 Å². The van der Waals surface area contributed by atoms with E-state index in [1.165, 1.54) is 64.2 Å². The molecule has 0 bridgehead atoms. The SMILES string of the molecule is CCCCCCCCOC(CCCCCN(CCCCO)CCCCCC(=O)OCC(=O)C12OC(CCC)OC1CC1C3CCC4=CC(=O)C=CC4(C)C3C(O)CC12C)OCCCCCCCC. The fourth-order valence-corrected chi connectivity index (χ4v) is 13.1. The molecule has 1 saturated heterocycles. The molecule has 0 radical (unpaired) electrons. The second-order valence-corrected chi connectivity index (χ2v) is 21.9. The Kier molecular flexibility index (Phi) is 24.7. The van der Waals surface area contributed by atoms with Crippen molar-refractivity contribution in [3.05, 3.63) is 23.8 Å². The lowest BCUT2D eigenvalue weighted by Crippen LogP contribution is -2.63. The number of aliphatic hydroxyl groups excluding tert-OH is 2. The number of rotatable bonds is 37. The minimum Gasteiger partial charge on any atom is -0.458 e. The number of nitrogens with zero attached hydrogens (tertiary/aromatic N) is 1. The number of aliphatic hydroxyl groups is 2. The number of ketones is 2. The van der Waals surface area contributed by atoms with E-state index in [0.29, 0.717) is 25.7 Å². The summed E-state index contributed by atoms with van der Waals surface area (Å²) >= 11 is 0. The predicted octanol–water partition coefficient (Wildman–Crippen LogP) is 11.5. The van der Waals surface area contributed by atoms with Crippen molar-refractivity contribution in [2.45, 2.75) is 245 Å². The number of Topliss-reactive ketones (excluding diaryl/α,β-unsaturated/α-hetero) is 1. The van der Waals surface area contributed by atoms with Crippen LogP contribution >= 0.6 is 0 Å². The van der Waals surface area contributed by atoms with Gasteiger partial charge in [-0.2, -0.15) is 0 Å². The first-order valence-corrected chi connectivity index (χ1v) is 28.2. The van der Waals surface area contributed by atoms with E-state index in [9.17, 15) is 24.6 Å². The summed E-state index contributed by atoms with van der Waals surface area (Å²) in [5, 5.41) is 21.5. The van der Waals surface area contributed by atoms with Crippen LogP contribution < -0.4 is 0 Å². The van der Waals surface area contributed by atoms with Crippen molar-refractivity contribution in [1.29, 1.82) is 0 Å². The molecule has 0 aromatic rings. The summed E-state index contributed by atoms with van der Waals surface area (Å²) in [7, 11) is 0. The van der Waals surface area contributed by atoms with Gasteiger partial charge in [0.25, 0.3) is 0 Å². The van der Waals surface area contributed by atoms with Crippen LogP contribution in [-0.2, 0) is 38.1 Å². The molecule has 9 unspecified atom stereocenters. The molecule has 0 aromatic carbocycles. The third-order valence-corrected chi connectivity index (χ3v) is 16.8. The van der Waals surface area contributed by atoms with E-state index in [2.05, 4.69) is 39.5 Å². The normalized spacial score (nSPS) is 29.5. The van der Waals surface area contributed by atoms with Crippen molar-refractivity contribution in [3.8, 4) is 0 Å². The van der Waals surface area contributed by atoms with Gasteiger partial charge in [-0.05, 0) is 134 Å². The lowest BCUT2D eigenvalue weighted by atomic mass is 9.46. The summed E-state index contributed by atoms with van der Waals surface area (Å²) in [5.74, 6) is -0.502. The molecule has 5 rings (SSSR count). The minimum atomic E-state index is -1.30. The van der Waals surface area contributed by atoms with Gasteiger partial charge in [-0.1, -0.05) is 130 Å². The van der Waals surface area contributed by atoms with Crippen LogP contribution in [0.4, 0.5) is 0 Å².